The SMILES string of the molecule is CCCCCC(=O)Nc1cccc(-c2ccccc2)c1. The predicted molar refractivity (Wildman–Crippen MR) is 84.6 cm³/mol. The van der Waals surface area contributed by atoms with Gasteiger partial charge in [0.15, 0.2) is 0 Å². The molecule has 2 heteroatoms. The van der Waals surface area contributed by atoms with Crippen LogP contribution in [0.2, 0.25) is 0 Å². The van der Waals surface area contributed by atoms with Crippen molar-refractivity contribution in [2.75, 3.05) is 5.32 Å². The van der Waals surface area contributed by atoms with Crippen LogP contribution in [0.25, 0.3) is 11.1 Å². The Balaban J connectivity index is 2.01. The zero-order valence-corrected chi connectivity index (χ0v) is 11.9. The van der Waals surface area contributed by atoms with Crippen LogP contribution in [0, 0.1) is 0 Å². The Labute approximate surface area is 120 Å². The Morgan fingerprint density at radius 1 is 0.950 bits per heavy atom. The summed E-state index contributed by atoms with van der Waals surface area (Å²) in [7, 11) is 0. The number of hydrogen-bond acceptors (Lipinski definition) is 1. The second kappa shape index (κ2) is 7.49. The average Bonchev–Trinajstić information content (AvgIpc) is 2.49. The van der Waals surface area contributed by atoms with Gasteiger partial charge in [0.2, 0.25) is 5.91 Å². The smallest absolute Gasteiger partial charge is 0.224 e. The molecule has 0 radical (unpaired) electrons. The molecular weight excluding hydrogens is 246 g/mol. The van der Waals surface area contributed by atoms with Crippen LogP contribution in [0.5, 0.6) is 0 Å². The van der Waals surface area contributed by atoms with Gasteiger partial charge < -0.3 is 5.32 Å². The van der Waals surface area contributed by atoms with Gasteiger partial charge in [-0.05, 0) is 29.7 Å². The molecule has 2 aromatic carbocycles. The molecule has 0 saturated heterocycles. The zero-order valence-electron chi connectivity index (χ0n) is 11.9. The second-order valence-electron chi connectivity index (χ2n) is 4.95. The van der Waals surface area contributed by atoms with E-state index < -0.39 is 0 Å². The maximum atomic E-state index is 11.8. The Bertz CT molecular complexity index is 548. The monoisotopic (exact) mass is 267 g/mol. The topological polar surface area (TPSA) is 29.1 Å². The molecule has 1 amide bonds. The normalized spacial score (nSPS) is 10.2. The maximum absolute atomic E-state index is 11.8. The van der Waals surface area contributed by atoms with E-state index in [1.54, 1.807) is 0 Å². The molecular formula is C18H21NO. The summed E-state index contributed by atoms with van der Waals surface area (Å²) in [5, 5.41) is 2.97. The number of unbranched alkanes of at least 4 members (excludes halogenated alkanes) is 2. The van der Waals surface area contributed by atoms with Gasteiger partial charge >= 0.3 is 0 Å². The molecule has 1 N–H and O–H groups in total. The number of anilines is 1. The van der Waals surface area contributed by atoms with E-state index in [-0.39, 0.29) is 5.91 Å². The van der Waals surface area contributed by atoms with E-state index in [2.05, 4.69) is 30.4 Å². The van der Waals surface area contributed by atoms with Crippen molar-refractivity contribution in [1.29, 1.82) is 0 Å². The van der Waals surface area contributed by atoms with E-state index in [1.807, 2.05) is 36.4 Å². The van der Waals surface area contributed by atoms with Crippen LogP contribution < -0.4 is 5.32 Å². The van der Waals surface area contributed by atoms with Crippen LogP contribution in [0.15, 0.2) is 54.6 Å². The predicted octanol–water partition coefficient (Wildman–Crippen LogP) is 4.87. The summed E-state index contributed by atoms with van der Waals surface area (Å²) in [5.41, 5.74) is 3.15. The zero-order chi connectivity index (χ0) is 14.2. The van der Waals surface area contributed by atoms with E-state index >= 15 is 0 Å². The van der Waals surface area contributed by atoms with E-state index in [0.29, 0.717) is 6.42 Å². The molecule has 20 heavy (non-hydrogen) atoms. The number of amides is 1. The Hall–Kier alpha value is -2.09. The standard InChI is InChI=1S/C18H21NO/c1-2-3-5-13-18(20)19-17-12-8-11-16(14-17)15-9-6-4-7-10-15/h4,6-12,14H,2-3,5,13H2,1H3,(H,19,20). The number of rotatable bonds is 6. The first-order valence-electron chi connectivity index (χ1n) is 7.25. The van der Waals surface area contributed by atoms with Crippen LogP contribution in [-0.2, 0) is 4.79 Å². The van der Waals surface area contributed by atoms with Gasteiger partial charge in [-0.3, -0.25) is 4.79 Å². The molecule has 0 bridgehead atoms. The third-order valence-electron chi connectivity index (χ3n) is 3.26. The molecule has 2 aromatic rings. The number of hydrogen-bond donors (Lipinski definition) is 1. The summed E-state index contributed by atoms with van der Waals surface area (Å²) < 4.78 is 0. The molecule has 2 rings (SSSR count). The second-order valence-corrected chi connectivity index (χ2v) is 4.95. The molecule has 2 nitrogen and oxygen atoms in total. The number of carbonyl (C=O) groups excluding carboxylic acids is 1. The fourth-order valence-electron chi connectivity index (χ4n) is 2.17. The Morgan fingerprint density at radius 2 is 1.70 bits per heavy atom. The molecule has 0 aliphatic carbocycles. The Morgan fingerprint density at radius 3 is 2.45 bits per heavy atom. The van der Waals surface area contributed by atoms with Crippen LogP contribution in [0.3, 0.4) is 0 Å². The molecule has 0 aromatic heterocycles. The first kappa shape index (κ1) is 14.3. The van der Waals surface area contributed by atoms with Gasteiger partial charge in [-0.15, -0.1) is 0 Å². The minimum Gasteiger partial charge on any atom is -0.326 e. The molecule has 0 fully saturated rings. The molecule has 0 saturated carbocycles. The summed E-state index contributed by atoms with van der Waals surface area (Å²) in [5.74, 6) is 0.101. The highest BCUT2D eigenvalue weighted by Crippen LogP contribution is 2.22. The van der Waals surface area contributed by atoms with Gasteiger partial charge in [0.1, 0.15) is 0 Å². The molecule has 0 aliphatic rings. The lowest BCUT2D eigenvalue weighted by Crippen LogP contribution is -2.10. The number of nitrogens with one attached hydrogen (secondary N) is 1. The van der Waals surface area contributed by atoms with Gasteiger partial charge in [-0.1, -0.05) is 62.2 Å². The van der Waals surface area contributed by atoms with E-state index in [9.17, 15) is 4.79 Å². The summed E-state index contributed by atoms with van der Waals surface area (Å²) in [6, 6.07) is 18.2. The highest BCUT2D eigenvalue weighted by Gasteiger charge is 2.03. The van der Waals surface area contributed by atoms with Gasteiger partial charge in [-0.2, -0.15) is 0 Å². The third kappa shape index (κ3) is 4.23. The van der Waals surface area contributed by atoms with E-state index in [4.69, 9.17) is 0 Å². The summed E-state index contributed by atoms with van der Waals surface area (Å²) in [6.07, 6.45) is 3.80. The highest BCUT2D eigenvalue weighted by atomic mass is 16.1. The number of benzene rings is 2. The quantitative estimate of drug-likeness (QED) is 0.743. The first-order chi connectivity index (χ1) is 9.79. The molecule has 0 atom stereocenters. The van der Waals surface area contributed by atoms with Crippen molar-refractivity contribution in [3.05, 3.63) is 54.6 Å². The molecule has 0 spiro atoms. The van der Waals surface area contributed by atoms with Crippen molar-refractivity contribution in [2.45, 2.75) is 32.6 Å². The molecule has 0 heterocycles. The van der Waals surface area contributed by atoms with Crippen LogP contribution >= 0.6 is 0 Å². The third-order valence-corrected chi connectivity index (χ3v) is 3.26. The summed E-state index contributed by atoms with van der Waals surface area (Å²) >= 11 is 0. The van der Waals surface area contributed by atoms with Crippen molar-refractivity contribution in [3.63, 3.8) is 0 Å². The molecule has 0 unspecified atom stereocenters. The maximum Gasteiger partial charge on any atom is 0.224 e. The van der Waals surface area contributed by atoms with Crippen molar-refractivity contribution in [3.8, 4) is 11.1 Å². The van der Waals surface area contributed by atoms with E-state index in [0.717, 1.165) is 36.1 Å². The van der Waals surface area contributed by atoms with Crippen molar-refractivity contribution < 1.29 is 4.79 Å². The van der Waals surface area contributed by atoms with Crippen molar-refractivity contribution >= 4 is 11.6 Å². The summed E-state index contributed by atoms with van der Waals surface area (Å²) in [4.78, 5) is 11.8. The minimum absolute atomic E-state index is 0.101. The Kier molecular flexibility index (Phi) is 5.36. The van der Waals surface area contributed by atoms with Crippen LogP contribution in [-0.4, -0.2) is 5.91 Å². The van der Waals surface area contributed by atoms with Gasteiger partial charge in [0.05, 0.1) is 0 Å². The lowest BCUT2D eigenvalue weighted by atomic mass is 10.1. The molecule has 0 aliphatic heterocycles. The number of carbonyl (C=O) groups is 1. The lowest BCUT2D eigenvalue weighted by molar-refractivity contribution is -0.116. The average molecular weight is 267 g/mol. The molecule has 104 valence electrons. The largest absolute Gasteiger partial charge is 0.326 e. The fraction of sp³-hybridized carbons (Fsp3) is 0.278. The fourth-order valence-corrected chi connectivity index (χ4v) is 2.17. The summed E-state index contributed by atoms with van der Waals surface area (Å²) in [6.45, 7) is 2.14. The van der Waals surface area contributed by atoms with Crippen molar-refractivity contribution in [2.24, 2.45) is 0 Å². The minimum atomic E-state index is 0.101. The van der Waals surface area contributed by atoms with Gasteiger partial charge in [0, 0.05) is 12.1 Å². The lowest BCUT2D eigenvalue weighted by Gasteiger charge is -2.07. The highest BCUT2D eigenvalue weighted by molar-refractivity contribution is 5.91. The van der Waals surface area contributed by atoms with Crippen molar-refractivity contribution in [1.82, 2.24) is 0 Å². The van der Waals surface area contributed by atoms with Crippen LogP contribution in [0.4, 0.5) is 5.69 Å². The van der Waals surface area contributed by atoms with Crippen LogP contribution in [0.1, 0.15) is 32.6 Å². The van der Waals surface area contributed by atoms with E-state index in [1.165, 1.54) is 0 Å². The van der Waals surface area contributed by atoms with Gasteiger partial charge in [-0.25, -0.2) is 0 Å². The van der Waals surface area contributed by atoms with Gasteiger partial charge in [0.25, 0.3) is 0 Å². The first-order valence-corrected chi connectivity index (χ1v) is 7.25.